The van der Waals surface area contributed by atoms with Crippen LogP contribution in [0.15, 0.2) is 54.1 Å². The molecule has 7 nitrogen and oxygen atoms in total. The first-order valence-electron chi connectivity index (χ1n) is 8.40. The van der Waals surface area contributed by atoms with Crippen molar-refractivity contribution in [1.82, 2.24) is 0 Å². The van der Waals surface area contributed by atoms with Crippen molar-refractivity contribution in [3.63, 3.8) is 0 Å². The quantitative estimate of drug-likeness (QED) is 0.327. The van der Waals surface area contributed by atoms with Gasteiger partial charge in [0.2, 0.25) is 0 Å². The first-order chi connectivity index (χ1) is 13.6. The largest absolute Gasteiger partial charge is 0.497 e. The van der Waals surface area contributed by atoms with Crippen molar-refractivity contribution in [2.75, 3.05) is 32.8 Å². The average molecular weight is 380 g/mol. The highest BCUT2D eigenvalue weighted by Gasteiger charge is 2.11. The van der Waals surface area contributed by atoms with Crippen molar-refractivity contribution in [2.24, 2.45) is 0 Å². The maximum absolute atomic E-state index is 12.3. The van der Waals surface area contributed by atoms with Gasteiger partial charge >= 0.3 is 5.97 Å². The molecule has 0 saturated heterocycles. The molecular formula is C21H20N2O5. The van der Waals surface area contributed by atoms with Crippen LogP contribution in [0.1, 0.15) is 15.9 Å². The minimum Gasteiger partial charge on any atom is -0.497 e. The Morgan fingerprint density at radius 1 is 1.04 bits per heavy atom. The van der Waals surface area contributed by atoms with Crippen molar-refractivity contribution in [3.8, 4) is 11.8 Å². The van der Waals surface area contributed by atoms with E-state index in [1.54, 1.807) is 43.5 Å². The van der Waals surface area contributed by atoms with E-state index in [4.69, 9.17) is 14.2 Å². The number of methoxy groups -OCH3 is 2. The fraction of sp³-hybridized carbons (Fsp3) is 0.190. The summed E-state index contributed by atoms with van der Waals surface area (Å²) in [5.74, 6) is -0.346. The minimum absolute atomic E-state index is 0.0479. The average Bonchev–Trinajstić information content (AvgIpc) is 2.73. The van der Waals surface area contributed by atoms with Crippen LogP contribution >= 0.6 is 0 Å². The second-order valence-corrected chi connectivity index (χ2v) is 5.60. The Hall–Kier alpha value is -3.63. The minimum atomic E-state index is -0.547. The van der Waals surface area contributed by atoms with Crippen LogP contribution in [0.3, 0.4) is 0 Å². The number of amides is 1. The summed E-state index contributed by atoms with van der Waals surface area (Å²) >= 11 is 0. The number of hydrogen-bond acceptors (Lipinski definition) is 6. The summed E-state index contributed by atoms with van der Waals surface area (Å²) in [5.41, 5.74) is 1.45. The zero-order chi connectivity index (χ0) is 20.4. The molecule has 0 atom stereocenters. The van der Waals surface area contributed by atoms with Gasteiger partial charge in [-0.05, 0) is 48.0 Å². The molecule has 0 heterocycles. The van der Waals surface area contributed by atoms with E-state index < -0.39 is 11.9 Å². The van der Waals surface area contributed by atoms with Gasteiger partial charge in [0.05, 0.1) is 19.3 Å². The van der Waals surface area contributed by atoms with Crippen LogP contribution in [0.25, 0.3) is 6.08 Å². The summed E-state index contributed by atoms with van der Waals surface area (Å²) < 4.78 is 14.9. The summed E-state index contributed by atoms with van der Waals surface area (Å²) in [5, 5.41) is 11.9. The standard InChI is InChI=1S/C21H20N2O5/c1-26-11-12-28-21(25)16-5-7-18(8-6-16)23-20(24)17(14-22)13-15-3-9-19(27-2)10-4-15/h3-10,13H,11-12H2,1-2H3,(H,23,24)/b17-13+. The lowest BCUT2D eigenvalue weighted by Crippen LogP contribution is -2.14. The SMILES string of the molecule is COCCOC(=O)c1ccc(NC(=O)/C(C#N)=C/c2ccc(OC)cc2)cc1. The molecule has 2 rings (SSSR count). The fourth-order valence-corrected chi connectivity index (χ4v) is 2.20. The number of esters is 1. The van der Waals surface area contributed by atoms with Crippen LogP contribution in [-0.4, -0.2) is 39.3 Å². The Kier molecular flexibility index (Phi) is 7.76. The number of nitriles is 1. The zero-order valence-corrected chi connectivity index (χ0v) is 15.6. The lowest BCUT2D eigenvalue weighted by atomic mass is 10.1. The van der Waals surface area contributed by atoms with E-state index in [1.807, 2.05) is 6.07 Å². The number of carbonyl (C=O) groups is 2. The van der Waals surface area contributed by atoms with Crippen LogP contribution in [0.5, 0.6) is 5.75 Å². The molecule has 0 aromatic heterocycles. The second-order valence-electron chi connectivity index (χ2n) is 5.60. The summed E-state index contributed by atoms with van der Waals surface area (Å²) in [4.78, 5) is 24.2. The summed E-state index contributed by atoms with van der Waals surface area (Å²) in [6.07, 6.45) is 1.48. The van der Waals surface area contributed by atoms with Gasteiger partial charge in [-0.25, -0.2) is 4.79 Å². The van der Waals surface area contributed by atoms with E-state index in [1.165, 1.54) is 25.3 Å². The monoisotopic (exact) mass is 380 g/mol. The Labute approximate surface area is 163 Å². The van der Waals surface area contributed by atoms with Crippen LogP contribution in [0.2, 0.25) is 0 Å². The highest BCUT2D eigenvalue weighted by atomic mass is 16.6. The molecule has 0 aliphatic carbocycles. The van der Waals surface area contributed by atoms with E-state index in [9.17, 15) is 14.9 Å². The lowest BCUT2D eigenvalue weighted by molar-refractivity contribution is -0.112. The highest BCUT2D eigenvalue weighted by Crippen LogP contribution is 2.16. The molecule has 2 aromatic carbocycles. The van der Waals surface area contributed by atoms with Gasteiger partial charge in [-0.2, -0.15) is 5.26 Å². The Bertz CT molecular complexity index is 881. The van der Waals surface area contributed by atoms with Gasteiger partial charge < -0.3 is 19.5 Å². The Balaban J connectivity index is 2.02. The number of anilines is 1. The van der Waals surface area contributed by atoms with Crippen LogP contribution in [0, 0.1) is 11.3 Å². The Morgan fingerprint density at radius 2 is 1.71 bits per heavy atom. The molecule has 0 fully saturated rings. The van der Waals surface area contributed by atoms with Crippen LogP contribution in [-0.2, 0) is 14.3 Å². The molecule has 0 aliphatic rings. The van der Waals surface area contributed by atoms with E-state index >= 15 is 0 Å². The van der Waals surface area contributed by atoms with Crippen LogP contribution < -0.4 is 10.1 Å². The summed E-state index contributed by atoms with van der Waals surface area (Å²) in [6.45, 7) is 0.479. The third-order valence-electron chi connectivity index (χ3n) is 3.69. The van der Waals surface area contributed by atoms with Crippen molar-refractivity contribution in [2.45, 2.75) is 0 Å². The van der Waals surface area contributed by atoms with Gasteiger partial charge in [0, 0.05) is 12.8 Å². The smallest absolute Gasteiger partial charge is 0.338 e. The molecule has 0 spiro atoms. The van der Waals surface area contributed by atoms with Crippen molar-refractivity contribution < 1.29 is 23.8 Å². The maximum atomic E-state index is 12.3. The molecule has 28 heavy (non-hydrogen) atoms. The van der Waals surface area contributed by atoms with Crippen LogP contribution in [0.4, 0.5) is 5.69 Å². The summed E-state index contributed by atoms with van der Waals surface area (Å²) in [6, 6.07) is 15.0. The third kappa shape index (κ3) is 5.97. The number of rotatable bonds is 8. The number of benzene rings is 2. The molecule has 2 aromatic rings. The lowest BCUT2D eigenvalue weighted by Gasteiger charge is -2.07. The molecule has 1 N–H and O–H groups in total. The molecule has 0 saturated carbocycles. The maximum Gasteiger partial charge on any atom is 0.338 e. The number of nitrogens with one attached hydrogen (secondary N) is 1. The second kappa shape index (κ2) is 10.5. The number of nitrogens with zero attached hydrogens (tertiary/aromatic N) is 1. The predicted molar refractivity (Wildman–Crippen MR) is 104 cm³/mol. The molecule has 0 bridgehead atoms. The van der Waals surface area contributed by atoms with Gasteiger partial charge in [0.15, 0.2) is 0 Å². The van der Waals surface area contributed by atoms with Crippen molar-refractivity contribution in [3.05, 3.63) is 65.2 Å². The molecule has 0 aliphatic heterocycles. The molecule has 144 valence electrons. The molecule has 0 unspecified atom stereocenters. The number of carbonyl (C=O) groups excluding carboxylic acids is 2. The molecule has 1 amide bonds. The van der Waals surface area contributed by atoms with Gasteiger partial charge in [-0.15, -0.1) is 0 Å². The first kappa shape index (κ1) is 20.7. The number of ether oxygens (including phenoxy) is 3. The topological polar surface area (TPSA) is 97.6 Å². The molecule has 7 heteroatoms. The zero-order valence-electron chi connectivity index (χ0n) is 15.6. The van der Waals surface area contributed by atoms with Gasteiger partial charge in [0.1, 0.15) is 24.0 Å². The van der Waals surface area contributed by atoms with Crippen molar-refractivity contribution >= 4 is 23.6 Å². The predicted octanol–water partition coefficient (Wildman–Crippen LogP) is 3.04. The highest BCUT2D eigenvalue weighted by molar-refractivity contribution is 6.09. The molecule has 0 radical (unpaired) electrons. The van der Waals surface area contributed by atoms with E-state index in [2.05, 4.69) is 5.32 Å². The normalized spacial score (nSPS) is 10.7. The Morgan fingerprint density at radius 3 is 2.29 bits per heavy atom. The van der Waals surface area contributed by atoms with Crippen molar-refractivity contribution in [1.29, 1.82) is 5.26 Å². The van der Waals surface area contributed by atoms with Gasteiger partial charge in [-0.1, -0.05) is 12.1 Å². The van der Waals surface area contributed by atoms with E-state index in [0.717, 1.165) is 0 Å². The first-order valence-corrected chi connectivity index (χ1v) is 8.40. The summed E-state index contributed by atoms with van der Waals surface area (Å²) in [7, 11) is 3.08. The number of hydrogen-bond donors (Lipinski definition) is 1. The van der Waals surface area contributed by atoms with Gasteiger partial charge in [0.25, 0.3) is 5.91 Å². The third-order valence-corrected chi connectivity index (χ3v) is 3.69. The molecular weight excluding hydrogens is 360 g/mol. The van der Waals surface area contributed by atoms with Gasteiger partial charge in [-0.3, -0.25) is 4.79 Å². The van der Waals surface area contributed by atoms with E-state index in [0.29, 0.717) is 29.2 Å². The van der Waals surface area contributed by atoms with E-state index in [-0.39, 0.29) is 12.2 Å². The fourth-order valence-electron chi connectivity index (χ4n) is 2.20.